The third-order valence-electron chi connectivity index (χ3n) is 3.35. The third-order valence-corrected chi connectivity index (χ3v) is 3.64. The molecule has 2 aromatic carbocycles. The molecule has 0 aromatic heterocycles. The van der Waals surface area contributed by atoms with Crippen molar-refractivity contribution in [2.45, 2.75) is 13.3 Å². The molecule has 4 nitrogen and oxygen atoms in total. The van der Waals surface area contributed by atoms with Gasteiger partial charge in [-0.3, -0.25) is 9.59 Å². The van der Waals surface area contributed by atoms with Crippen molar-refractivity contribution < 1.29 is 22.8 Å². The summed E-state index contributed by atoms with van der Waals surface area (Å²) in [4.78, 5) is 24.5. The number of nitrogens with one attached hydrogen (secondary N) is 1. The zero-order chi connectivity index (χ0) is 18.6. The summed E-state index contributed by atoms with van der Waals surface area (Å²) in [6.07, 6.45) is -0.220. The summed E-state index contributed by atoms with van der Waals surface area (Å²) >= 11 is 5.62. The van der Waals surface area contributed by atoms with Gasteiger partial charge in [-0.15, -0.1) is 0 Å². The number of para-hydroxylation sites is 1. The molecule has 8 heteroatoms. The highest BCUT2D eigenvalue weighted by atomic mass is 35.5. The second-order valence-electron chi connectivity index (χ2n) is 5.17. The quantitative estimate of drug-likeness (QED) is 0.860. The average Bonchev–Trinajstić information content (AvgIpc) is 2.53. The summed E-state index contributed by atoms with van der Waals surface area (Å²) in [5.41, 5.74) is -0.240. The van der Waals surface area contributed by atoms with E-state index in [1.54, 1.807) is 0 Å². The first-order valence-electron chi connectivity index (χ1n) is 7.26. The molecule has 0 atom stereocenters. The maximum atomic E-state index is 13.8. The number of carbonyl (C=O) groups is 2. The lowest BCUT2D eigenvalue weighted by Crippen LogP contribution is -2.33. The van der Waals surface area contributed by atoms with Gasteiger partial charge in [-0.2, -0.15) is 0 Å². The Balaban J connectivity index is 2.07. The van der Waals surface area contributed by atoms with Crippen molar-refractivity contribution >= 4 is 34.8 Å². The van der Waals surface area contributed by atoms with Gasteiger partial charge in [0.15, 0.2) is 0 Å². The van der Waals surface area contributed by atoms with Crippen LogP contribution in [0.1, 0.15) is 13.3 Å². The van der Waals surface area contributed by atoms with Crippen LogP contribution in [-0.2, 0) is 9.59 Å². The van der Waals surface area contributed by atoms with Crippen molar-refractivity contribution in [1.29, 1.82) is 0 Å². The highest BCUT2D eigenvalue weighted by molar-refractivity contribution is 6.31. The summed E-state index contributed by atoms with van der Waals surface area (Å²) < 4.78 is 40.7. The van der Waals surface area contributed by atoms with Crippen molar-refractivity contribution in [3.63, 3.8) is 0 Å². The van der Waals surface area contributed by atoms with Crippen LogP contribution in [0.5, 0.6) is 0 Å². The molecule has 132 valence electrons. The fraction of sp³-hybridized carbons (Fsp3) is 0.176. The van der Waals surface area contributed by atoms with E-state index in [0.717, 1.165) is 30.0 Å². The minimum absolute atomic E-state index is 0.156. The molecular weight excluding hydrogens is 357 g/mol. The summed E-state index contributed by atoms with van der Waals surface area (Å²) in [6, 6.07) is 6.86. The molecule has 0 aliphatic heterocycles. The van der Waals surface area contributed by atoms with Crippen LogP contribution in [0, 0.1) is 17.5 Å². The molecule has 1 N–H and O–H groups in total. The van der Waals surface area contributed by atoms with Gasteiger partial charge in [-0.25, -0.2) is 13.2 Å². The number of rotatable bonds is 5. The molecule has 2 amide bonds. The SMILES string of the molecule is CC(=O)N(CCC(=O)Nc1ccc(F)c(Cl)c1)c1c(F)cccc1F. The first-order valence-corrected chi connectivity index (χ1v) is 7.64. The monoisotopic (exact) mass is 370 g/mol. The lowest BCUT2D eigenvalue weighted by molar-refractivity contribution is -0.117. The lowest BCUT2D eigenvalue weighted by atomic mass is 10.2. The van der Waals surface area contributed by atoms with Crippen LogP contribution in [0.3, 0.4) is 0 Å². The number of benzene rings is 2. The van der Waals surface area contributed by atoms with Gasteiger partial charge < -0.3 is 10.2 Å². The Kier molecular flexibility index (Phi) is 6.03. The van der Waals surface area contributed by atoms with Gasteiger partial charge in [0.05, 0.1) is 5.02 Å². The van der Waals surface area contributed by atoms with Crippen molar-refractivity contribution in [1.82, 2.24) is 0 Å². The number of amides is 2. The van der Waals surface area contributed by atoms with Gasteiger partial charge >= 0.3 is 0 Å². The third kappa shape index (κ3) is 4.73. The average molecular weight is 371 g/mol. The molecule has 0 bridgehead atoms. The Morgan fingerprint density at radius 1 is 1.08 bits per heavy atom. The minimum atomic E-state index is -0.902. The number of anilines is 2. The maximum Gasteiger partial charge on any atom is 0.226 e. The van der Waals surface area contributed by atoms with Crippen LogP contribution in [0.25, 0.3) is 0 Å². The summed E-state index contributed by atoms with van der Waals surface area (Å²) in [5, 5.41) is 2.31. The molecule has 0 aliphatic rings. The zero-order valence-electron chi connectivity index (χ0n) is 13.2. The van der Waals surface area contributed by atoms with Crippen LogP contribution < -0.4 is 10.2 Å². The van der Waals surface area contributed by atoms with E-state index < -0.39 is 35.0 Å². The fourth-order valence-corrected chi connectivity index (χ4v) is 2.36. The van der Waals surface area contributed by atoms with E-state index in [9.17, 15) is 22.8 Å². The topological polar surface area (TPSA) is 49.4 Å². The van der Waals surface area contributed by atoms with Gasteiger partial charge in [0, 0.05) is 25.6 Å². The predicted octanol–water partition coefficient (Wildman–Crippen LogP) is 4.14. The van der Waals surface area contributed by atoms with Crippen molar-refractivity contribution in [3.8, 4) is 0 Å². The standard InChI is InChI=1S/C17H14ClF3N2O2/c1-10(24)23(17-14(20)3-2-4-15(17)21)8-7-16(25)22-11-5-6-13(19)12(18)9-11/h2-6,9H,7-8H2,1H3,(H,22,25). The molecule has 2 aromatic rings. The Labute approximate surface area is 147 Å². The molecule has 0 heterocycles. The van der Waals surface area contributed by atoms with Crippen molar-refractivity contribution in [2.24, 2.45) is 0 Å². The number of hydrogen-bond donors (Lipinski definition) is 1. The molecule has 2 rings (SSSR count). The second-order valence-corrected chi connectivity index (χ2v) is 5.58. The molecule has 0 radical (unpaired) electrons. The Bertz CT molecular complexity index is 794. The van der Waals surface area contributed by atoms with E-state index in [-0.39, 0.29) is 23.7 Å². The Morgan fingerprint density at radius 3 is 2.28 bits per heavy atom. The van der Waals surface area contributed by atoms with Crippen LogP contribution in [-0.4, -0.2) is 18.4 Å². The maximum absolute atomic E-state index is 13.8. The van der Waals surface area contributed by atoms with Gasteiger partial charge in [-0.05, 0) is 30.3 Å². The lowest BCUT2D eigenvalue weighted by Gasteiger charge is -2.22. The molecule has 0 spiro atoms. The highest BCUT2D eigenvalue weighted by Crippen LogP contribution is 2.24. The fourth-order valence-electron chi connectivity index (χ4n) is 2.18. The van der Waals surface area contributed by atoms with Crippen molar-refractivity contribution in [2.75, 3.05) is 16.8 Å². The molecule has 0 saturated heterocycles. The second kappa shape index (κ2) is 8.02. The van der Waals surface area contributed by atoms with Gasteiger partial charge in [0.1, 0.15) is 23.1 Å². The molecular formula is C17H14ClF3N2O2. The Morgan fingerprint density at radius 2 is 1.72 bits per heavy atom. The van der Waals surface area contributed by atoms with Gasteiger partial charge in [0.25, 0.3) is 0 Å². The first-order chi connectivity index (χ1) is 11.8. The van der Waals surface area contributed by atoms with E-state index >= 15 is 0 Å². The van der Waals surface area contributed by atoms with Crippen LogP contribution >= 0.6 is 11.6 Å². The molecule has 0 unspecified atom stereocenters. The van der Waals surface area contributed by atoms with Gasteiger partial charge in [0.2, 0.25) is 11.8 Å². The van der Waals surface area contributed by atoms with E-state index in [1.165, 1.54) is 18.2 Å². The van der Waals surface area contributed by atoms with E-state index in [4.69, 9.17) is 11.6 Å². The summed E-state index contributed by atoms with van der Waals surface area (Å²) in [6.45, 7) is 0.914. The van der Waals surface area contributed by atoms with Crippen molar-refractivity contribution in [3.05, 3.63) is 58.9 Å². The predicted molar refractivity (Wildman–Crippen MR) is 89.0 cm³/mol. The summed E-state index contributed by atoms with van der Waals surface area (Å²) in [5.74, 6) is -3.56. The molecule has 0 aliphatic carbocycles. The number of halogens is 4. The highest BCUT2D eigenvalue weighted by Gasteiger charge is 2.21. The van der Waals surface area contributed by atoms with Crippen LogP contribution in [0.4, 0.5) is 24.5 Å². The first kappa shape index (κ1) is 18.8. The normalized spacial score (nSPS) is 10.4. The van der Waals surface area contributed by atoms with Crippen LogP contribution in [0.2, 0.25) is 5.02 Å². The number of nitrogens with zero attached hydrogens (tertiary/aromatic N) is 1. The molecule has 25 heavy (non-hydrogen) atoms. The van der Waals surface area contributed by atoms with Gasteiger partial charge in [-0.1, -0.05) is 17.7 Å². The zero-order valence-corrected chi connectivity index (χ0v) is 13.9. The number of hydrogen-bond acceptors (Lipinski definition) is 2. The Hall–Kier alpha value is -2.54. The van der Waals surface area contributed by atoms with E-state index in [1.807, 2.05) is 0 Å². The van der Waals surface area contributed by atoms with E-state index in [0.29, 0.717) is 0 Å². The largest absolute Gasteiger partial charge is 0.326 e. The molecule has 0 saturated carbocycles. The minimum Gasteiger partial charge on any atom is -0.326 e. The molecule has 0 fully saturated rings. The van der Waals surface area contributed by atoms with E-state index in [2.05, 4.69) is 5.32 Å². The van der Waals surface area contributed by atoms with Crippen LogP contribution in [0.15, 0.2) is 36.4 Å². The summed E-state index contributed by atoms with van der Waals surface area (Å²) in [7, 11) is 0. The smallest absolute Gasteiger partial charge is 0.226 e. The number of carbonyl (C=O) groups excluding carboxylic acids is 2.